The lowest BCUT2D eigenvalue weighted by Gasteiger charge is -2.11. The number of aryl methyl sites for hydroxylation is 1. The fourth-order valence-electron chi connectivity index (χ4n) is 2.07. The second kappa shape index (κ2) is 5.02. The van der Waals surface area contributed by atoms with Gasteiger partial charge >= 0.3 is 0 Å². The summed E-state index contributed by atoms with van der Waals surface area (Å²) in [7, 11) is 0. The maximum atomic E-state index is 5.98. The number of benzene rings is 2. The zero-order valence-corrected chi connectivity index (χ0v) is 11.7. The van der Waals surface area contributed by atoms with E-state index < -0.39 is 0 Å². The summed E-state index contributed by atoms with van der Waals surface area (Å²) in [6.07, 6.45) is 1.71. The molecule has 1 aromatic heterocycles. The van der Waals surface area contributed by atoms with Gasteiger partial charge in [0.15, 0.2) is 0 Å². The van der Waals surface area contributed by atoms with Gasteiger partial charge in [0.05, 0.1) is 5.52 Å². The maximum absolute atomic E-state index is 5.98. The number of nitrogens with two attached hydrogens (primary N) is 1. The maximum Gasteiger partial charge on any atom is 0.138 e. The minimum absolute atomic E-state index is 0.685. The van der Waals surface area contributed by atoms with Crippen molar-refractivity contribution in [3.05, 3.63) is 59.2 Å². The van der Waals surface area contributed by atoms with Crippen LogP contribution in [0.25, 0.3) is 10.9 Å². The molecule has 0 saturated heterocycles. The Labute approximate surface area is 122 Å². The molecule has 3 nitrogen and oxygen atoms in total. The molecule has 1 heterocycles. The highest BCUT2D eigenvalue weighted by atomic mass is 35.5. The number of nitrogen functional groups attached to an aromatic ring is 1. The third-order valence-electron chi connectivity index (χ3n) is 3.08. The zero-order chi connectivity index (χ0) is 14.1. The molecule has 0 atom stereocenters. The fraction of sp³-hybridized carbons (Fsp3) is 0.0625. The molecule has 0 spiro atoms. The summed E-state index contributed by atoms with van der Waals surface area (Å²) in [5.74, 6) is 1.53. The van der Waals surface area contributed by atoms with Crippen molar-refractivity contribution in [3.8, 4) is 11.5 Å². The van der Waals surface area contributed by atoms with E-state index in [4.69, 9.17) is 22.1 Å². The van der Waals surface area contributed by atoms with E-state index in [1.165, 1.54) is 0 Å². The number of hydrogen-bond acceptors (Lipinski definition) is 3. The van der Waals surface area contributed by atoms with Crippen molar-refractivity contribution < 1.29 is 4.74 Å². The zero-order valence-electron chi connectivity index (χ0n) is 10.9. The van der Waals surface area contributed by atoms with E-state index in [9.17, 15) is 0 Å². The van der Waals surface area contributed by atoms with Gasteiger partial charge in [0.2, 0.25) is 0 Å². The lowest BCUT2D eigenvalue weighted by atomic mass is 10.2. The fourth-order valence-corrected chi connectivity index (χ4v) is 2.30. The van der Waals surface area contributed by atoms with Crippen molar-refractivity contribution in [2.75, 3.05) is 5.73 Å². The smallest absolute Gasteiger partial charge is 0.138 e. The summed E-state index contributed by atoms with van der Waals surface area (Å²) < 4.78 is 5.98. The predicted molar refractivity (Wildman–Crippen MR) is 82.4 cm³/mol. The molecule has 2 N–H and O–H groups in total. The van der Waals surface area contributed by atoms with Gasteiger partial charge in [-0.1, -0.05) is 11.6 Å². The third kappa shape index (κ3) is 2.40. The summed E-state index contributed by atoms with van der Waals surface area (Å²) in [5.41, 5.74) is 8.25. The Bertz CT molecular complexity index is 787. The van der Waals surface area contributed by atoms with E-state index in [-0.39, 0.29) is 0 Å². The standard InChI is InChI=1S/C16H13ClN2O/c1-10-8-11(17)2-5-15(10)20-16-6-7-19-14-9-12(18)3-4-13(14)16/h2-9H,18H2,1H3. The van der Waals surface area contributed by atoms with Crippen LogP contribution in [0.15, 0.2) is 48.7 Å². The van der Waals surface area contributed by atoms with Crippen molar-refractivity contribution in [2.45, 2.75) is 6.92 Å². The molecular formula is C16H13ClN2O. The first-order valence-corrected chi connectivity index (χ1v) is 6.59. The molecule has 0 unspecified atom stereocenters. The Morgan fingerprint density at radius 2 is 1.90 bits per heavy atom. The van der Waals surface area contributed by atoms with Crippen LogP contribution in [0, 0.1) is 6.92 Å². The summed E-state index contributed by atoms with van der Waals surface area (Å²) in [4.78, 5) is 4.30. The molecular weight excluding hydrogens is 272 g/mol. The molecule has 0 aliphatic rings. The molecule has 0 aliphatic heterocycles. The minimum Gasteiger partial charge on any atom is -0.456 e. The first kappa shape index (κ1) is 12.8. The Balaban J connectivity index is 2.06. The number of fused-ring (bicyclic) bond motifs is 1. The van der Waals surface area contributed by atoms with E-state index in [2.05, 4.69) is 4.98 Å². The quantitative estimate of drug-likeness (QED) is 0.701. The molecule has 0 amide bonds. The minimum atomic E-state index is 0.685. The number of nitrogens with zero attached hydrogens (tertiary/aromatic N) is 1. The highest BCUT2D eigenvalue weighted by molar-refractivity contribution is 6.30. The second-order valence-electron chi connectivity index (χ2n) is 4.60. The normalized spacial score (nSPS) is 10.7. The van der Waals surface area contributed by atoms with Gasteiger partial charge in [0.25, 0.3) is 0 Å². The number of ether oxygens (including phenoxy) is 1. The van der Waals surface area contributed by atoms with Gasteiger partial charge in [0.1, 0.15) is 11.5 Å². The number of rotatable bonds is 2. The molecule has 20 heavy (non-hydrogen) atoms. The molecule has 3 aromatic rings. The van der Waals surface area contributed by atoms with Gasteiger partial charge in [-0.15, -0.1) is 0 Å². The highest BCUT2D eigenvalue weighted by Gasteiger charge is 2.07. The Morgan fingerprint density at radius 1 is 1.05 bits per heavy atom. The first-order valence-electron chi connectivity index (χ1n) is 6.22. The number of halogens is 1. The molecule has 4 heteroatoms. The van der Waals surface area contributed by atoms with Crippen LogP contribution in [-0.2, 0) is 0 Å². The highest BCUT2D eigenvalue weighted by Crippen LogP contribution is 2.32. The van der Waals surface area contributed by atoms with Crippen molar-refractivity contribution >= 4 is 28.2 Å². The Hall–Kier alpha value is -2.26. The lowest BCUT2D eigenvalue weighted by molar-refractivity contribution is 0.484. The van der Waals surface area contributed by atoms with Gasteiger partial charge in [-0.2, -0.15) is 0 Å². The van der Waals surface area contributed by atoms with E-state index in [1.54, 1.807) is 6.20 Å². The topological polar surface area (TPSA) is 48.1 Å². The second-order valence-corrected chi connectivity index (χ2v) is 5.03. The van der Waals surface area contributed by atoms with Crippen LogP contribution in [0.2, 0.25) is 5.02 Å². The lowest BCUT2D eigenvalue weighted by Crippen LogP contribution is -1.91. The van der Waals surface area contributed by atoms with Crippen LogP contribution in [0.1, 0.15) is 5.56 Å². The summed E-state index contributed by atoms with van der Waals surface area (Å²) in [6.45, 7) is 1.96. The van der Waals surface area contributed by atoms with Crippen molar-refractivity contribution in [1.82, 2.24) is 4.98 Å². The van der Waals surface area contributed by atoms with Crippen LogP contribution < -0.4 is 10.5 Å². The van der Waals surface area contributed by atoms with Crippen LogP contribution in [0.5, 0.6) is 11.5 Å². The number of hydrogen-bond donors (Lipinski definition) is 1. The molecule has 100 valence electrons. The molecule has 0 bridgehead atoms. The van der Waals surface area contributed by atoms with Crippen molar-refractivity contribution in [1.29, 1.82) is 0 Å². The monoisotopic (exact) mass is 284 g/mol. The molecule has 0 saturated carbocycles. The number of aromatic nitrogens is 1. The van der Waals surface area contributed by atoms with E-state index in [0.717, 1.165) is 28.0 Å². The number of pyridine rings is 1. The van der Waals surface area contributed by atoms with Crippen LogP contribution in [0.3, 0.4) is 0 Å². The predicted octanol–water partition coefficient (Wildman–Crippen LogP) is 4.57. The summed E-state index contributed by atoms with van der Waals surface area (Å²) in [5, 5.41) is 1.62. The van der Waals surface area contributed by atoms with Gasteiger partial charge in [-0.05, 0) is 55.0 Å². The Kier molecular flexibility index (Phi) is 3.20. The molecule has 0 fully saturated rings. The van der Waals surface area contributed by atoms with Crippen LogP contribution in [-0.4, -0.2) is 4.98 Å². The van der Waals surface area contributed by atoms with Crippen LogP contribution >= 0.6 is 11.6 Å². The molecule has 2 aromatic carbocycles. The third-order valence-corrected chi connectivity index (χ3v) is 3.32. The largest absolute Gasteiger partial charge is 0.456 e. The van der Waals surface area contributed by atoms with Crippen molar-refractivity contribution in [2.24, 2.45) is 0 Å². The van der Waals surface area contributed by atoms with Gasteiger partial charge in [-0.3, -0.25) is 4.98 Å². The van der Waals surface area contributed by atoms with E-state index >= 15 is 0 Å². The molecule has 3 rings (SSSR count). The molecule has 0 aliphatic carbocycles. The number of anilines is 1. The van der Waals surface area contributed by atoms with Gasteiger partial charge in [0, 0.05) is 22.3 Å². The van der Waals surface area contributed by atoms with Gasteiger partial charge in [-0.25, -0.2) is 0 Å². The average molecular weight is 285 g/mol. The van der Waals surface area contributed by atoms with E-state index in [0.29, 0.717) is 10.7 Å². The van der Waals surface area contributed by atoms with Crippen LogP contribution in [0.4, 0.5) is 5.69 Å². The molecule has 0 radical (unpaired) electrons. The van der Waals surface area contributed by atoms with Crippen molar-refractivity contribution in [3.63, 3.8) is 0 Å². The summed E-state index contributed by atoms with van der Waals surface area (Å²) >= 11 is 5.95. The first-order chi connectivity index (χ1) is 9.63. The Morgan fingerprint density at radius 3 is 2.70 bits per heavy atom. The summed E-state index contributed by atoms with van der Waals surface area (Å²) in [6, 6.07) is 13.0. The van der Waals surface area contributed by atoms with E-state index in [1.807, 2.05) is 49.4 Å². The average Bonchev–Trinajstić information content (AvgIpc) is 2.41. The van der Waals surface area contributed by atoms with Gasteiger partial charge < -0.3 is 10.5 Å². The SMILES string of the molecule is Cc1cc(Cl)ccc1Oc1ccnc2cc(N)ccc12.